The number of hydrogen-bond donors (Lipinski definition) is 2. The molecule has 1 heterocycles. The molecule has 1 saturated heterocycles. The van der Waals surface area contributed by atoms with Gasteiger partial charge < -0.3 is 10.6 Å². The molecule has 1 amide bonds. The molecule has 0 radical (unpaired) electrons. The van der Waals surface area contributed by atoms with Gasteiger partial charge in [0.2, 0.25) is 5.91 Å². The zero-order valence-electron chi connectivity index (χ0n) is 12.0. The van der Waals surface area contributed by atoms with Crippen molar-refractivity contribution in [3.05, 3.63) is 35.9 Å². The van der Waals surface area contributed by atoms with E-state index in [1.165, 1.54) is 24.8 Å². The summed E-state index contributed by atoms with van der Waals surface area (Å²) in [7, 11) is 0. The van der Waals surface area contributed by atoms with Gasteiger partial charge >= 0.3 is 0 Å². The van der Waals surface area contributed by atoms with Gasteiger partial charge in [-0.15, -0.1) is 0 Å². The summed E-state index contributed by atoms with van der Waals surface area (Å²) in [5.41, 5.74) is 1.58. The summed E-state index contributed by atoms with van der Waals surface area (Å²) in [5.74, 6) is 0.399. The number of rotatable bonds is 4. The van der Waals surface area contributed by atoms with Crippen LogP contribution in [0.3, 0.4) is 0 Å². The fourth-order valence-corrected chi connectivity index (χ4v) is 3.44. The minimum atomic E-state index is 0.164. The van der Waals surface area contributed by atoms with Gasteiger partial charge in [-0.3, -0.25) is 4.79 Å². The number of nitrogens with one attached hydrogen (secondary N) is 2. The normalized spacial score (nSPS) is 24.7. The minimum Gasteiger partial charge on any atom is -0.355 e. The standard InChI is InChI=1S/C17H24N2O/c20-16(14-6-4-11-18-12-14)19-13-17(9-5-10-17)15-7-2-1-3-8-15/h1-3,7-8,14,18H,4-6,9-13H2,(H,19,20). The second-order valence-corrected chi connectivity index (χ2v) is 6.26. The first-order chi connectivity index (χ1) is 9.80. The summed E-state index contributed by atoms with van der Waals surface area (Å²) >= 11 is 0. The molecule has 2 fully saturated rings. The van der Waals surface area contributed by atoms with Crippen molar-refractivity contribution in [2.24, 2.45) is 5.92 Å². The highest BCUT2D eigenvalue weighted by Gasteiger charge is 2.39. The number of piperidine rings is 1. The van der Waals surface area contributed by atoms with E-state index in [4.69, 9.17) is 0 Å². The fourth-order valence-electron chi connectivity index (χ4n) is 3.44. The van der Waals surface area contributed by atoms with E-state index in [1.807, 2.05) is 0 Å². The Morgan fingerprint density at radius 1 is 1.25 bits per heavy atom. The molecule has 1 saturated carbocycles. The van der Waals surface area contributed by atoms with Gasteiger partial charge in [-0.25, -0.2) is 0 Å². The highest BCUT2D eigenvalue weighted by Crippen LogP contribution is 2.43. The Kier molecular flexibility index (Phi) is 4.06. The van der Waals surface area contributed by atoms with E-state index in [9.17, 15) is 4.79 Å². The summed E-state index contributed by atoms with van der Waals surface area (Å²) in [6.07, 6.45) is 5.80. The Bertz CT molecular complexity index is 447. The first-order valence-electron chi connectivity index (χ1n) is 7.84. The molecule has 3 heteroatoms. The maximum atomic E-state index is 12.3. The zero-order chi connectivity index (χ0) is 13.8. The van der Waals surface area contributed by atoms with Crippen LogP contribution in [0.2, 0.25) is 0 Å². The van der Waals surface area contributed by atoms with Gasteiger partial charge in [0.05, 0.1) is 5.92 Å². The molecule has 0 aromatic heterocycles. The largest absolute Gasteiger partial charge is 0.355 e. The van der Waals surface area contributed by atoms with Crippen molar-refractivity contribution in [2.75, 3.05) is 19.6 Å². The number of carbonyl (C=O) groups excluding carboxylic acids is 1. The molecular formula is C17H24N2O. The molecule has 1 aromatic carbocycles. The topological polar surface area (TPSA) is 41.1 Å². The molecule has 1 aromatic rings. The Morgan fingerprint density at radius 3 is 2.65 bits per heavy atom. The van der Waals surface area contributed by atoms with Gasteiger partial charge in [0, 0.05) is 18.5 Å². The molecule has 2 aliphatic rings. The van der Waals surface area contributed by atoms with E-state index in [2.05, 4.69) is 41.0 Å². The van der Waals surface area contributed by atoms with E-state index in [1.54, 1.807) is 0 Å². The molecule has 1 unspecified atom stereocenters. The molecule has 3 nitrogen and oxygen atoms in total. The van der Waals surface area contributed by atoms with E-state index in [0.717, 1.165) is 32.5 Å². The second kappa shape index (κ2) is 5.96. The lowest BCUT2D eigenvalue weighted by Crippen LogP contribution is -2.48. The van der Waals surface area contributed by atoms with E-state index < -0.39 is 0 Å². The van der Waals surface area contributed by atoms with Crippen LogP contribution in [0, 0.1) is 5.92 Å². The quantitative estimate of drug-likeness (QED) is 0.882. The van der Waals surface area contributed by atoms with Crippen LogP contribution in [0.4, 0.5) is 0 Å². The van der Waals surface area contributed by atoms with Crippen molar-refractivity contribution in [2.45, 2.75) is 37.5 Å². The van der Waals surface area contributed by atoms with Gasteiger partial charge in [0.25, 0.3) is 0 Å². The Labute approximate surface area is 121 Å². The van der Waals surface area contributed by atoms with Crippen molar-refractivity contribution in [3.8, 4) is 0 Å². The van der Waals surface area contributed by atoms with Gasteiger partial charge in [-0.1, -0.05) is 36.8 Å². The summed E-state index contributed by atoms with van der Waals surface area (Å²) < 4.78 is 0. The van der Waals surface area contributed by atoms with Crippen molar-refractivity contribution >= 4 is 5.91 Å². The summed E-state index contributed by atoms with van der Waals surface area (Å²) in [6.45, 7) is 2.69. The monoisotopic (exact) mass is 272 g/mol. The van der Waals surface area contributed by atoms with Crippen LogP contribution in [-0.2, 0) is 10.2 Å². The number of hydrogen-bond acceptors (Lipinski definition) is 2. The molecule has 0 bridgehead atoms. The lowest BCUT2D eigenvalue weighted by Gasteiger charge is -2.43. The molecule has 3 rings (SSSR count). The average Bonchev–Trinajstić information content (AvgIpc) is 2.48. The van der Waals surface area contributed by atoms with E-state index >= 15 is 0 Å². The maximum Gasteiger partial charge on any atom is 0.224 e. The Hall–Kier alpha value is -1.35. The fraction of sp³-hybridized carbons (Fsp3) is 0.588. The lowest BCUT2D eigenvalue weighted by atomic mass is 9.64. The second-order valence-electron chi connectivity index (χ2n) is 6.26. The summed E-state index contributed by atoms with van der Waals surface area (Å²) in [4.78, 5) is 12.3. The lowest BCUT2D eigenvalue weighted by molar-refractivity contribution is -0.125. The van der Waals surface area contributed by atoms with Gasteiger partial charge in [0.15, 0.2) is 0 Å². The zero-order valence-corrected chi connectivity index (χ0v) is 12.0. The summed E-state index contributed by atoms with van der Waals surface area (Å²) in [5, 5.41) is 6.53. The van der Waals surface area contributed by atoms with Crippen LogP contribution >= 0.6 is 0 Å². The maximum absolute atomic E-state index is 12.3. The van der Waals surface area contributed by atoms with Crippen molar-refractivity contribution in [1.29, 1.82) is 0 Å². The molecule has 20 heavy (non-hydrogen) atoms. The van der Waals surface area contributed by atoms with Crippen LogP contribution < -0.4 is 10.6 Å². The van der Waals surface area contributed by atoms with Crippen molar-refractivity contribution in [1.82, 2.24) is 10.6 Å². The minimum absolute atomic E-state index is 0.164. The highest BCUT2D eigenvalue weighted by molar-refractivity contribution is 5.79. The van der Waals surface area contributed by atoms with Crippen molar-refractivity contribution < 1.29 is 4.79 Å². The third-order valence-electron chi connectivity index (χ3n) is 4.97. The molecular weight excluding hydrogens is 248 g/mol. The Morgan fingerprint density at radius 2 is 2.05 bits per heavy atom. The van der Waals surface area contributed by atoms with E-state index in [-0.39, 0.29) is 17.2 Å². The van der Waals surface area contributed by atoms with Crippen LogP contribution in [0.1, 0.15) is 37.7 Å². The highest BCUT2D eigenvalue weighted by atomic mass is 16.1. The van der Waals surface area contributed by atoms with Crippen LogP contribution in [0.25, 0.3) is 0 Å². The molecule has 108 valence electrons. The predicted octanol–water partition coefficient (Wildman–Crippen LogP) is 2.22. The number of carbonyl (C=O) groups is 1. The van der Waals surface area contributed by atoms with Crippen molar-refractivity contribution in [3.63, 3.8) is 0 Å². The third kappa shape index (κ3) is 2.73. The first-order valence-corrected chi connectivity index (χ1v) is 7.84. The average molecular weight is 272 g/mol. The molecule has 1 atom stereocenters. The van der Waals surface area contributed by atoms with E-state index in [0.29, 0.717) is 0 Å². The first kappa shape index (κ1) is 13.6. The van der Waals surface area contributed by atoms with Gasteiger partial charge in [0.1, 0.15) is 0 Å². The molecule has 0 spiro atoms. The predicted molar refractivity (Wildman–Crippen MR) is 80.6 cm³/mol. The number of amides is 1. The van der Waals surface area contributed by atoms with Crippen LogP contribution in [-0.4, -0.2) is 25.5 Å². The van der Waals surface area contributed by atoms with Crippen LogP contribution in [0.15, 0.2) is 30.3 Å². The van der Waals surface area contributed by atoms with Gasteiger partial charge in [-0.2, -0.15) is 0 Å². The van der Waals surface area contributed by atoms with Crippen LogP contribution in [0.5, 0.6) is 0 Å². The smallest absolute Gasteiger partial charge is 0.224 e. The summed E-state index contributed by atoms with van der Waals surface area (Å²) in [6, 6.07) is 10.7. The van der Waals surface area contributed by atoms with Gasteiger partial charge in [-0.05, 0) is 37.8 Å². The Balaban J connectivity index is 1.60. The third-order valence-corrected chi connectivity index (χ3v) is 4.97. The SMILES string of the molecule is O=C(NCC1(c2ccccc2)CCC1)C1CCCNC1. The molecule has 1 aliphatic carbocycles. The number of benzene rings is 1. The molecule has 2 N–H and O–H groups in total. The molecule has 1 aliphatic heterocycles.